The number of methoxy groups -OCH3 is 2. The Morgan fingerprint density at radius 1 is 0.941 bits per heavy atom. The Bertz CT molecular complexity index is 1230. The van der Waals surface area contributed by atoms with Crippen LogP contribution in [0.5, 0.6) is 17.2 Å². The fourth-order valence-corrected chi connectivity index (χ4v) is 4.43. The maximum Gasteiger partial charge on any atom is 0.261 e. The Morgan fingerprint density at radius 2 is 1.53 bits per heavy atom. The molecule has 3 aromatic rings. The molecule has 0 aliphatic rings. The van der Waals surface area contributed by atoms with Gasteiger partial charge in [-0.25, -0.2) is 8.42 Å². The van der Waals surface area contributed by atoms with Crippen LogP contribution in [0.2, 0.25) is 5.02 Å². The Balaban J connectivity index is 1.59. The second-order valence-corrected chi connectivity index (χ2v) is 9.37. The number of rotatable bonds is 10. The van der Waals surface area contributed by atoms with E-state index in [2.05, 4.69) is 10.0 Å². The fourth-order valence-electron chi connectivity index (χ4n) is 3.04. The minimum Gasteiger partial charge on any atom is -0.497 e. The summed E-state index contributed by atoms with van der Waals surface area (Å²) in [6.07, 6.45) is 0. The van der Waals surface area contributed by atoms with Crippen molar-refractivity contribution in [2.24, 2.45) is 0 Å². The molecule has 0 heterocycles. The van der Waals surface area contributed by atoms with Crippen molar-refractivity contribution in [3.05, 3.63) is 77.3 Å². The molecule has 10 heteroatoms. The van der Waals surface area contributed by atoms with Crippen molar-refractivity contribution < 1.29 is 27.4 Å². The summed E-state index contributed by atoms with van der Waals surface area (Å²) >= 11 is 6.21. The lowest BCUT2D eigenvalue weighted by Crippen LogP contribution is -2.31. The zero-order valence-corrected chi connectivity index (χ0v) is 20.4. The zero-order chi connectivity index (χ0) is 24.7. The van der Waals surface area contributed by atoms with Crippen molar-refractivity contribution in [2.75, 3.05) is 25.5 Å². The summed E-state index contributed by atoms with van der Waals surface area (Å²) < 4.78 is 43.5. The van der Waals surface area contributed by atoms with Crippen molar-refractivity contribution in [1.82, 2.24) is 5.32 Å². The number of carbonyl (C=O) groups is 1. The first-order chi connectivity index (χ1) is 16.2. The van der Waals surface area contributed by atoms with Gasteiger partial charge in [-0.2, -0.15) is 0 Å². The van der Waals surface area contributed by atoms with Crippen LogP contribution in [-0.4, -0.2) is 35.2 Å². The van der Waals surface area contributed by atoms with Crippen LogP contribution >= 0.6 is 11.6 Å². The van der Waals surface area contributed by atoms with Gasteiger partial charge in [-0.3, -0.25) is 9.52 Å². The topological polar surface area (TPSA) is 103 Å². The molecule has 1 atom stereocenters. The first-order valence-electron chi connectivity index (χ1n) is 10.2. The highest BCUT2D eigenvalue weighted by Gasteiger charge is 2.17. The number of sulfonamides is 1. The summed E-state index contributed by atoms with van der Waals surface area (Å²) in [5, 5.41) is 2.90. The van der Waals surface area contributed by atoms with E-state index in [1.807, 2.05) is 31.2 Å². The van der Waals surface area contributed by atoms with Gasteiger partial charge in [0.15, 0.2) is 6.61 Å². The monoisotopic (exact) mass is 504 g/mol. The van der Waals surface area contributed by atoms with Crippen LogP contribution in [0.15, 0.2) is 71.6 Å². The van der Waals surface area contributed by atoms with Crippen molar-refractivity contribution in [3.8, 4) is 17.2 Å². The van der Waals surface area contributed by atoms with Gasteiger partial charge in [-0.15, -0.1) is 0 Å². The van der Waals surface area contributed by atoms with Gasteiger partial charge in [0.2, 0.25) is 0 Å². The van der Waals surface area contributed by atoms with Gasteiger partial charge in [0.1, 0.15) is 17.2 Å². The summed E-state index contributed by atoms with van der Waals surface area (Å²) in [7, 11) is -0.765. The highest BCUT2D eigenvalue weighted by molar-refractivity contribution is 7.92. The number of amides is 1. The molecule has 0 aliphatic heterocycles. The number of hydrogen-bond donors (Lipinski definition) is 2. The Hall–Kier alpha value is -3.43. The number of ether oxygens (including phenoxy) is 3. The number of hydrogen-bond acceptors (Lipinski definition) is 6. The summed E-state index contributed by atoms with van der Waals surface area (Å²) in [4.78, 5) is 12.2. The lowest BCUT2D eigenvalue weighted by molar-refractivity contribution is -0.123. The largest absolute Gasteiger partial charge is 0.497 e. The predicted molar refractivity (Wildman–Crippen MR) is 130 cm³/mol. The van der Waals surface area contributed by atoms with Crippen molar-refractivity contribution >= 4 is 33.2 Å². The van der Waals surface area contributed by atoms with Crippen molar-refractivity contribution in [1.29, 1.82) is 0 Å². The van der Waals surface area contributed by atoms with Crippen molar-refractivity contribution in [3.63, 3.8) is 0 Å². The number of halogens is 1. The lowest BCUT2D eigenvalue weighted by atomic mass is 10.1. The quantitative estimate of drug-likeness (QED) is 0.424. The van der Waals surface area contributed by atoms with Gasteiger partial charge in [0.05, 0.1) is 30.2 Å². The summed E-state index contributed by atoms with van der Waals surface area (Å²) in [5.74, 6) is 1.18. The highest BCUT2D eigenvalue weighted by Crippen LogP contribution is 2.28. The van der Waals surface area contributed by atoms with Crippen LogP contribution < -0.4 is 24.2 Å². The first kappa shape index (κ1) is 25.2. The van der Waals surface area contributed by atoms with Gasteiger partial charge >= 0.3 is 0 Å². The van der Waals surface area contributed by atoms with E-state index in [-0.39, 0.29) is 34.2 Å². The van der Waals surface area contributed by atoms with Gasteiger partial charge in [-0.1, -0.05) is 23.7 Å². The van der Waals surface area contributed by atoms with Gasteiger partial charge in [0, 0.05) is 5.69 Å². The molecular weight excluding hydrogens is 480 g/mol. The molecule has 0 spiro atoms. The molecule has 180 valence electrons. The minimum absolute atomic E-state index is 0.0433. The number of nitrogens with one attached hydrogen (secondary N) is 2. The molecule has 0 radical (unpaired) electrons. The maximum absolute atomic E-state index is 12.7. The second-order valence-electron chi connectivity index (χ2n) is 7.28. The average Bonchev–Trinajstić information content (AvgIpc) is 2.83. The molecule has 1 amide bonds. The van der Waals surface area contributed by atoms with E-state index < -0.39 is 10.0 Å². The van der Waals surface area contributed by atoms with E-state index in [4.69, 9.17) is 25.8 Å². The molecule has 0 saturated heterocycles. The van der Waals surface area contributed by atoms with Crippen molar-refractivity contribution in [2.45, 2.75) is 17.9 Å². The van der Waals surface area contributed by atoms with Crippen LogP contribution in [0.4, 0.5) is 5.69 Å². The number of carbonyl (C=O) groups excluding carboxylic acids is 1. The third-order valence-corrected chi connectivity index (χ3v) is 6.58. The van der Waals surface area contributed by atoms with Gasteiger partial charge in [-0.05, 0) is 67.1 Å². The smallest absolute Gasteiger partial charge is 0.261 e. The van der Waals surface area contributed by atoms with E-state index in [0.29, 0.717) is 11.4 Å². The van der Waals surface area contributed by atoms with Gasteiger partial charge < -0.3 is 19.5 Å². The molecular formula is C24H25ClN2O6S. The Morgan fingerprint density at radius 3 is 2.09 bits per heavy atom. The fraction of sp³-hybridized carbons (Fsp3) is 0.208. The summed E-state index contributed by atoms with van der Waals surface area (Å²) in [6.45, 7) is 1.57. The number of benzene rings is 3. The van der Waals surface area contributed by atoms with E-state index in [1.165, 1.54) is 25.3 Å². The molecule has 2 N–H and O–H groups in total. The predicted octanol–water partition coefficient (Wildman–Crippen LogP) is 4.41. The Kier molecular flexibility index (Phi) is 8.25. The Labute approximate surface area is 203 Å². The lowest BCUT2D eigenvalue weighted by Gasteiger charge is -2.16. The van der Waals surface area contributed by atoms with Gasteiger partial charge in [0.25, 0.3) is 15.9 Å². The standard InChI is InChI=1S/C24H25ClN2O6S/c1-16(17-4-8-19(31-2)9-5-17)26-24(28)15-33-23-13-12-21(14-22(23)25)34(29,30)27-18-6-10-20(32-3)11-7-18/h4-14,16,27H,15H2,1-3H3,(H,26,28). The van der Waals surface area contributed by atoms with E-state index in [0.717, 1.165) is 11.3 Å². The highest BCUT2D eigenvalue weighted by atomic mass is 35.5. The maximum atomic E-state index is 12.7. The molecule has 3 aromatic carbocycles. The third kappa shape index (κ3) is 6.55. The molecule has 0 bridgehead atoms. The molecule has 3 rings (SSSR count). The second kappa shape index (κ2) is 11.1. The molecule has 0 aromatic heterocycles. The molecule has 34 heavy (non-hydrogen) atoms. The SMILES string of the molecule is COc1ccc(NS(=O)(=O)c2ccc(OCC(=O)NC(C)c3ccc(OC)cc3)c(Cl)c2)cc1. The van der Waals surface area contributed by atoms with Crippen LogP contribution in [-0.2, 0) is 14.8 Å². The minimum atomic E-state index is -3.87. The van der Waals surface area contributed by atoms with E-state index in [1.54, 1.807) is 31.4 Å². The number of anilines is 1. The zero-order valence-electron chi connectivity index (χ0n) is 18.9. The molecule has 0 fully saturated rings. The third-order valence-electron chi connectivity index (χ3n) is 4.91. The molecule has 8 nitrogen and oxygen atoms in total. The van der Waals surface area contributed by atoms with Crippen LogP contribution in [0.25, 0.3) is 0 Å². The average molecular weight is 505 g/mol. The first-order valence-corrected chi connectivity index (χ1v) is 12.1. The van der Waals surface area contributed by atoms with Crippen LogP contribution in [0.3, 0.4) is 0 Å². The van der Waals surface area contributed by atoms with Crippen LogP contribution in [0.1, 0.15) is 18.5 Å². The normalized spacial score (nSPS) is 11.9. The molecule has 0 aliphatic carbocycles. The summed E-state index contributed by atoms with van der Waals surface area (Å²) in [6, 6.07) is 17.6. The summed E-state index contributed by atoms with van der Waals surface area (Å²) in [5.41, 5.74) is 1.28. The molecule has 1 unspecified atom stereocenters. The van der Waals surface area contributed by atoms with Crippen LogP contribution in [0, 0.1) is 0 Å². The molecule has 0 saturated carbocycles. The van der Waals surface area contributed by atoms with E-state index >= 15 is 0 Å². The van der Waals surface area contributed by atoms with E-state index in [9.17, 15) is 13.2 Å².